The third-order valence-electron chi connectivity index (χ3n) is 2.46. The van der Waals surface area contributed by atoms with E-state index in [0.29, 0.717) is 0 Å². The van der Waals surface area contributed by atoms with Crippen LogP contribution in [0.15, 0.2) is 35.2 Å². The van der Waals surface area contributed by atoms with Gasteiger partial charge in [0.2, 0.25) is 0 Å². The molecule has 1 aromatic carbocycles. The van der Waals surface area contributed by atoms with Crippen LogP contribution in [0.3, 0.4) is 0 Å². The minimum atomic E-state index is 0.200. The molecule has 0 amide bonds. The molecule has 0 saturated heterocycles. The Labute approximate surface area is 94.8 Å². The van der Waals surface area contributed by atoms with Crippen LogP contribution in [0.4, 0.5) is 0 Å². The Morgan fingerprint density at radius 3 is 2.60 bits per heavy atom. The van der Waals surface area contributed by atoms with Crippen molar-refractivity contribution in [2.45, 2.75) is 26.2 Å². The van der Waals surface area contributed by atoms with Gasteiger partial charge in [0, 0.05) is 10.9 Å². The summed E-state index contributed by atoms with van der Waals surface area (Å²) in [6.45, 7) is 6.69. The van der Waals surface area contributed by atoms with Crippen molar-refractivity contribution in [3.8, 4) is 11.3 Å². The van der Waals surface area contributed by atoms with Gasteiger partial charge in [-0.25, -0.2) is 4.98 Å². The predicted octanol–water partition coefficient (Wildman–Crippen LogP) is 4.11. The molecule has 0 aliphatic carbocycles. The number of benzene rings is 1. The molecule has 0 aliphatic rings. The first kappa shape index (κ1) is 10.4. The van der Waals surface area contributed by atoms with Crippen molar-refractivity contribution < 1.29 is 0 Å². The molecular formula is C13H15NS. The molecule has 1 aromatic heterocycles. The van der Waals surface area contributed by atoms with Gasteiger partial charge in [-0.05, 0) is 17.0 Å². The SMILES string of the molecule is CC(C)(C)c1cccc(-c2cscn2)c1. The first-order chi connectivity index (χ1) is 7.07. The van der Waals surface area contributed by atoms with Crippen LogP contribution < -0.4 is 0 Å². The first-order valence-corrected chi connectivity index (χ1v) is 6.01. The molecule has 0 aliphatic heterocycles. The lowest BCUT2D eigenvalue weighted by atomic mass is 9.86. The van der Waals surface area contributed by atoms with E-state index in [0.717, 1.165) is 5.69 Å². The third kappa shape index (κ3) is 2.26. The van der Waals surface area contributed by atoms with Crippen LogP contribution in [0.25, 0.3) is 11.3 Å². The summed E-state index contributed by atoms with van der Waals surface area (Å²) < 4.78 is 0. The second kappa shape index (κ2) is 3.78. The molecule has 0 unspecified atom stereocenters. The van der Waals surface area contributed by atoms with Gasteiger partial charge in [0.25, 0.3) is 0 Å². The smallest absolute Gasteiger partial charge is 0.0811 e. The van der Waals surface area contributed by atoms with Crippen molar-refractivity contribution in [3.05, 3.63) is 40.7 Å². The maximum absolute atomic E-state index is 4.33. The fourth-order valence-electron chi connectivity index (χ4n) is 1.50. The van der Waals surface area contributed by atoms with Crippen LogP contribution >= 0.6 is 11.3 Å². The normalized spacial score (nSPS) is 11.7. The van der Waals surface area contributed by atoms with E-state index >= 15 is 0 Å². The zero-order chi connectivity index (χ0) is 10.9. The third-order valence-corrected chi connectivity index (χ3v) is 3.04. The molecule has 0 atom stereocenters. The van der Waals surface area contributed by atoms with E-state index in [1.165, 1.54) is 11.1 Å². The zero-order valence-corrected chi connectivity index (χ0v) is 10.1. The van der Waals surface area contributed by atoms with Gasteiger partial charge in [0.1, 0.15) is 0 Å². The lowest BCUT2D eigenvalue weighted by molar-refractivity contribution is 0.590. The van der Waals surface area contributed by atoms with E-state index < -0.39 is 0 Å². The van der Waals surface area contributed by atoms with Crippen LogP contribution in [-0.4, -0.2) is 4.98 Å². The molecule has 0 bridgehead atoms. The van der Waals surface area contributed by atoms with Crippen molar-refractivity contribution in [2.24, 2.45) is 0 Å². The highest BCUT2D eigenvalue weighted by atomic mass is 32.1. The lowest BCUT2D eigenvalue weighted by Crippen LogP contribution is -2.10. The lowest BCUT2D eigenvalue weighted by Gasteiger charge is -2.19. The molecular weight excluding hydrogens is 202 g/mol. The minimum absolute atomic E-state index is 0.200. The van der Waals surface area contributed by atoms with Gasteiger partial charge >= 0.3 is 0 Å². The first-order valence-electron chi connectivity index (χ1n) is 5.06. The van der Waals surface area contributed by atoms with Crippen molar-refractivity contribution in [1.82, 2.24) is 4.98 Å². The van der Waals surface area contributed by atoms with Gasteiger partial charge in [0.05, 0.1) is 11.2 Å². The van der Waals surface area contributed by atoms with Gasteiger partial charge < -0.3 is 0 Å². The highest BCUT2D eigenvalue weighted by Gasteiger charge is 2.14. The standard InChI is InChI=1S/C13H15NS/c1-13(2,3)11-6-4-5-10(7-11)12-8-15-9-14-12/h4-9H,1-3H3. The van der Waals surface area contributed by atoms with Gasteiger partial charge in [0.15, 0.2) is 0 Å². The van der Waals surface area contributed by atoms with E-state index in [9.17, 15) is 0 Å². The Bertz CT molecular complexity index is 438. The van der Waals surface area contributed by atoms with Crippen LogP contribution in [0.5, 0.6) is 0 Å². The number of hydrogen-bond donors (Lipinski definition) is 0. The number of aromatic nitrogens is 1. The molecule has 2 heteroatoms. The summed E-state index contributed by atoms with van der Waals surface area (Å²) in [5.41, 5.74) is 5.72. The van der Waals surface area contributed by atoms with Crippen LogP contribution in [0, 0.1) is 0 Å². The van der Waals surface area contributed by atoms with Crippen LogP contribution in [0.1, 0.15) is 26.3 Å². The van der Waals surface area contributed by atoms with Crippen LogP contribution in [-0.2, 0) is 5.41 Å². The van der Waals surface area contributed by atoms with Gasteiger partial charge in [-0.2, -0.15) is 0 Å². The average Bonchev–Trinajstić information content (AvgIpc) is 2.69. The topological polar surface area (TPSA) is 12.9 Å². The summed E-state index contributed by atoms with van der Waals surface area (Å²) >= 11 is 1.64. The largest absolute Gasteiger partial charge is 0.245 e. The molecule has 0 saturated carbocycles. The Balaban J connectivity index is 2.44. The summed E-state index contributed by atoms with van der Waals surface area (Å²) in [7, 11) is 0. The number of hydrogen-bond acceptors (Lipinski definition) is 2. The predicted molar refractivity (Wildman–Crippen MR) is 66.3 cm³/mol. The molecule has 2 aromatic rings. The molecule has 0 radical (unpaired) electrons. The zero-order valence-electron chi connectivity index (χ0n) is 9.32. The molecule has 78 valence electrons. The average molecular weight is 217 g/mol. The summed E-state index contributed by atoms with van der Waals surface area (Å²) in [6, 6.07) is 8.63. The second-order valence-corrected chi connectivity index (χ2v) is 5.42. The molecule has 0 spiro atoms. The molecule has 2 rings (SSSR count). The molecule has 0 N–H and O–H groups in total. The number of thiazole rings is 1. The van der Waals surface area contributed by atoms with E-state index in [2.05, 4.69) is 55.4 Å². The molecule has 0 fully saturated rings. The number of rotatable bonds is 1. The van der Waals surface area contributed by atoms with Gasteiger partial charge in [-0.1, -0.05) is 39.0 Å². The minimum Gasteiger partial charge on any atom is -0.245 e. The molecule has 15 heavy (non-hydrogen) atoms. The quantitative estimate of drug-likeness (QED) is 0.700. The fraction of sp³-hybridized carbons (Fsp3) is 0.308. The van der Waals surface area contributed by atoms with Crippen molar-refractivity contribution in [3.63, 3.8) is 0 Å². The summed E-state index contributed by atoms with van der Waals surface area (Å²) in [6.07, 6.45) is 0. The van der Waals surface area contributed by atoms with Crippen LogP contribution in [0.2, 0.25) is 0 Å². The van der Waals surface area contributed by atoms with Gasteiger partial charge in [-0.15, -0.1) is 11.3 Å². The highest BCUT2D eigenvalue weighted by molar-refractivity contribution is 7.07. The van der Waals surface area contributed by atoms with E-state index in [-0.39, 0.29) is 5.41 Å². The Hall–Kier alpha value is -1.15. The van der Waals surface area contributed by atoms with Crippen molar-refractivity contribution >= 4 is 11.3 Å². The van der Waals surface area contributed by atoms with E-state index in [1.807, 2.05) is 5.51 Å². The van der Waals surface area contributed by atoms with E-state index in [4.69, 9.17) is 0 Å². The highest BCUT2D eigenvalue weighted by Crippen LogP contribution is 2.27. The Morgan fingerprint density at radius 1 is 1.20 bits per heavy atom. The monoisotopic (exact) mass is 217 g/mol. The fourth-order valence-corrected chi connectivity index (χ4v) is 2.06. The maximum atomic E-state index is 4.33. The number of nitrogens with zero attached hydrogens (tertiary/aromatic N) is 1. The maximum Gasteiger partial charge on any atom is 0.0811 e. The van der Waals surface area contributed by atoms with Crippen molar-refractivity contribution in [1.29, 1.82) is 0 Å². The molecule has 1 heterocycles. The summed E-state index contributed by atoms with van der Waals surface area (Å²) in [4.78, 5) is 4.33. The van der Waals surface area contributed by atoms with Gasteiger partial charge in [-0.3, -0.25) is 0 Å². The summed E-state index contributed by atoms with van der Waals surface area (Å²) in [5, 5.41) is 2.09. The van der Waals surface area contributed by atoms with E-state index in [1.54, 1.807) is 11.3 Å². The van der Waals surface area contributed by atoms with Crippen molar-refractivity contribution in [2.75, 3.05) is 0 Å². The Morgan fingerprint density at radius 2 is 2.00 bits per heavy atom. The Kier molecular flexibility index (Phi) is 2.61. The second-order valence-electron chi connectivity index (χ2n) is 4.70. The summed E-state index contributed by atoms with van der Waals surface area (Å²) in [5.74, 6) is 0. The molecule has 1 nitrogen and oxygen atoms in total.